The Hall–Kier alpha value is -0.570. The molecule has 0 radical (unpaired) electrons. The number of nitrogens with two attached hydrogens (primary N) is 1. The summed E-state index contributed by atoms with van der Waals surface area (Å²) in [4.78, 5) is 20.7. The quantitative estimate of drug-likeness (QED) is 0.318. The lowest BCUT2D eigenvalue weighted by atomic mass is 9.95. The van der Waals surface area contributed by atoms with Gasteiger partial charge in [-0.1, -0.05) is 13.8 Å². The van der Waals surface area contributed by atoms with E-state index >= 15 is 0 Å². The zero-order valence-electron chi connectivity index (χ0n) is 15.6. The maximum absolute atomic E-state index is 11.2. The molecule has 1 aliphatic heterocycles. The van der Waals surface area contributed by atoms with Crippen LogP contribution in [0.1, 0.15) is 46.5 Å². The predicted molar refractivity (Wildman–Crippen MR) is 112 cm³/mol. The van der Waals surface area contributed by atoms with E-state index in [2.05, 4.69) is 35.9 Å². The van der Waals surface area contributed by atoms with Crippen LogP contribution in [-0.4, -0.2) is 67.5 Å². The molecule has 0 aromatic heterocycles. The average molecular weight is 453 g/mol. The Labute approximate surface area is 164 Å². The molecule has 24 heavy (non-hydrogen) atoms. The van der Waals surface area contributed by atoms with Crippen molar-refractivity contribution in [2.45, 2.75) is 46.5 Å². The van der Waals surface area contributed by atoms with Crippen molar-refractivity contribution in [3.8, 4) is 0 Å². The summed E-state index contributed by atoms with van der Waals surface area (Å²) in [5.74, 6) is 1.14. The SMILES string of the molecule is CCCN(CC)CCN=C(NCC)N1CCCC(CC(N)=O)C1.I. The van der Waals surface area contributed by atoms with Gasteiger partial charge in [-0.25, -0.2) is 0 Å². The normalized spacial score (nSPS) is 18.4. The minimum atomic E-state index is -0.197. The van der Waals surface area contributed by atoms with Gasteiger partial charge in [0.1, 0.15) is 0 Å². The summed E-state index contributed by atoms with van der Waals surface area (Å²) in [5, 5.41) is 3.39. The monoisotopic (exact) mass is 453 g/mol. The summed E-state index contributed by atoms with van der Waals surface area (Å²) in [6.07, 6.45) is 3.84. The maximum Gasteiger partial charge on any atom is 0.217 e. The molecule has 142 valence electrons. The van der Waals surface area contributed by atoms with Gasteiger partial charge in [-0.05, 0) is 45.2 Å². The number of likely N-dealkylation sites (N-methyl/N-ethyl adjacent to an activating group) is 1. The van der Waals surface area contributed by atoms with Crippen LogP contribution in [0.25, 0.3) is 0 Å². The molecule has 0 bridgehead atoms. The molecule has 1 atom stereocenters. The second kappa shape index (κ2) is 13.7. The number of guanidine groups is 1. The fourth-order valence-electron chi connectivity index (χ4n) is 3.18. The van der Waals surface area contributed by atoms with Gasteiger partial charge in [0.25, 0.3) is 0 Å². The Morgan fingerprint density at radius 3 is 2.67 bits per heavy atom. The first-order valence-electron chi connectivity index (χ1n) is 9.14. The molecular formula is C17H36IN5O. The van der Waals surface area contributed by atoms with E-state index in [4.69, 9.17) is 10.7 Å². The highest BCUT2D eigenvalue weighted by molar-refractivity contribution is 14.0. The van der Waals surface area contributed by atoms with Gasteiger partial charge in [-0.15, -0.1) is 24.0 Å². The zero-order valence-corrected chi connectivity index (χ0v) is 17.9. The Kier molecular flexibility index (Phi) is 13.4. The molecule has 0 aromatic rings. The second-order valence-electron chi connectivity index (χ2n) is 6.29. The van der Waals surface area contributed by atoms with E-state index in [1.54, 1.807) is 0 Å². The molecule has 0 aromatic carbocycles. The number of piperidine rings is 1. The average Bonchev–Trinajstić information content (AvgIpc) is 2.52. The van der Waals surface area contributed by atoms with Crippen molar-refractivity contribution in [2.75, 3.05) is 45.8 Å². The summed E-state index contributed by atoms with van der Waals surface area (Å²) in [5.41, 5.74) is 5.35. The van der Waals surface area contributed by atoms with Crippen molar-refractivity contribution in [2.24, 2.45) is 16.6 Å². The summed E-state index contributed by atoms with van der Waals surface area (Å²) in [7, 11) is 0. The van der Waals surface area contributed by atoms with Crippen LogP contribution in [0.3, 0.4) is 0 Å². The third kappa shape index (κ3) is 9.05. The Morgan fingerprint density at radius 2 is 2.08 bits per heavy atom. The van der Waals surface area contributed by atoms with Crippen LogP contribution in [0.4, 0.5) is 0 Å². The van der Waals surface area contributed by atoms with Crippen molar-refractivity contribution in [3.05, 3.63) is 0 Å². The fourth-order valence-corrected chi connectivity index (χ4v) is 3.18. The number of likely N-dealkylation sites (tertiary alicyclic amines) is 1. The minimum absolute atomic E-state index is 0. The first-order valence-corrected chi connectivity index (χ1v) is 9.14. The van der Waals surface area contributed by atoms with Crippen molar-refractivity contribution in [1.29, 1.82) is 0 Å². The van der Waals surface area contributed by atoms with Gasteiger partial charge in [0.15, 0.2) is 5.96 Å². The molecule has 1 aliphatic rings. The third-order valence-electron chi connectivity index (χ3n) is 4.31. The van der Waals surface area contributed by atoms with Crippen LogP contribution in [0, 0.1) is 5.92 Å². The van der Waals surface area contributed by atoms with Gasteiger partial charge in [-0.2, -0.15) is 0 Å². The Morgan fingerprint density at radius 1 is 1.33 bits per heavy atom. The van der Waals surface area contributed by atoms with Crippen molar-refractivity contribution in [1.82, 2.24) is 15.1 Å². The van der Waals surface area contributed by atoms with Crippen LogP contribution in [0.2, 0.25) is 0 Å². The van der Waals surface area contributed by atoms with E-state index in [1.807, 2.05) is 0 Å². The van der Waals surface area contributed by atoms with Crippen LogP contribution >= 0.6 is 24.0 Å². The number of amides is 1. The summed E-state index contributed by atoms with van der Waals surface area (Å²) < 4.78 is 0. The van der Waals surface area contributed by atoms with E-state index in [9.17, 15) is 4.79 Å². The largest absolute Gasteiger partial charge is 0.370 e. The molecule has 1 unspecified atom stereocenters. The van der Waals surface area contributed by atoms with E-state index in [0.717, 1.165) is 64.6 Å². The number of rotatable bonds is 9. The van der Waals surface area contributed by atoms with Crippen LogP contribution in [0.5, 0.6) is 0 Å². The number of carbonyl (C=O) groups excluding carboxylic acids is 1. The van der Waals surface area contributed by atoms with E-state index < -0.39 is 0 Å². The molecule has 0 spiro atoms. The second-order valence-corrected chi connectivity index (χ2v) is 6.29. The number of aliphatic imine (C=N–C) groups is 1. The lowest BCUT2D eigenvalue weighted by Crippen LogP contribution is -2.47. The molecular weight excluding hydrogens is 417 g/mol. The smallest absolute Gasteiger partial charge is 0.217 e. The molecule has 1 rings (SSSR count). The highest BCUT2D eigenvalue weighted by Crippen LogP contribution is 2.19. The summed E-state index contributed by atoms with van der Waals surface area (Å²) in [6, 6.07) is 0. The number of hydrogen-bond donors (Lipinski definition) is 2. The lowest BCUT2D eigenvalue weighted by molar-refractivity contribution is -0.119. The highest BCUT2D eigenvalue weighted by Gasteiger charge is 2.23. The lowest BCUT2D eigenvalue weighted by Gasteiger charge is -2.34. The van der Waals surface area contributed by atoms with E-state index in [-0.39, 0.29) is 29.9 Å². The maximum atomic E-state index is 11.2. The van der Waals surface area contributed by atoms with Crippen molar-refractivity contribution in [3.63, 3.8) is 0 Å². The number of nitrogens with one attached hydrogen (secondary N) is 1. The van der Waals surface area contributed by atoms with Gasteiger partial charge in [0.05, 0.1) is 6.54 Å². The minimum Gasteiger partial charge on any atom is -0.370 e. The first kappa shape index (κ1) is 23.4. The Balaban J connectivity index is 0.00000529. The third-order valence-corrected chi connectivity index (χ3v) is 4.31. The van der Waals surface area contributed by atoms with E-state index in [1.165, 1.54) is 6.42 Å². The van der Waals surface area contributed by atoms with Crippen molar-refractivity contribution < 1.29 is 4.79 Å². The predicted octanol–water partition coefficient (Wildman–Crippen LogP) is 1.89. The van der Waals surface area contributed by atoms with Gasteiger partial charge < -0.3 is 20.9 Å². The number of primary amides is 1. The number of nitrogens with zero attached hydrogens (tertiary/aromatic N) is 3. The van der Waals surface area contributed by atoms with Gasteiger partial charge in [-0.3, -0.25) is 9.79 Å². The van der Waals surface area contributed by atoms with Crippen LogP contribution in [-0.2, 0) is 4.79 Å². The molecule has 6 nitrogen and oxygen atoms in total. The van der Waals surface area contributed by atoms with E-state index in [0.29, 0.717) is 12.3 Å². The van der Waals surface area contributed by atoms with Gasteiger partial charge in [0.2, 0.25) is 5.91 Å². The molecule has 0 aliphatic carbocycles. The molecule has 3 N–H and O–H groups in total. The summed E-state index contributed by atoms with van der Waals surface area (Å²) in [6.45, 7) is 13.3. The molecule has 1 heterocycles. The molecule has 1 saturated heterocycles. The van der Waals surface area contributed by atoms with Gasteiger partial charge in [0, 0.05) is 32.6 Å². The molecule has 1 fully saturated rings. The zero-order chi connectivity index (χ0) is 17.1. The molecule has 0 saturated carbocycles. The molecule has 1 amide bonds. The van der Waals surface area contributed by atoms with Crippen LogP contribution in [0.15, 0.2) is 4.99 Å². The standard InChI is InChI=1S/C17H35N5O.HI/c1-4-10-21(6-3)12-9-20-17(19-5-2)22-11-7-8-15(14-22)13-16(18)23;/h15H,4-14H2,1-3H3,(H2,18,23)(H,19,20);1H. The number of hydrogen-bond acceptors (Lipinski definition) is 3. The fraction of sp³-hybridized carbons (Fsp3) is 0.882. The Bertz CT molecular complexity index is 378. The number of carbonyl (C=O) groups is 1. The first-order chi connectivity index (χ1) is 11.1. The number of halogens is 1. The summed E-state index contributed by atoms with van der Waals surface area (Å²) >= 11 is 0. The van der Waals surface area contributed by atoms with Crippen LogP contribution < -0.4 is 11.1 Å². The topological polar surface area (TPSA) is 74.0 Å². The molecule has 7 heteroatoms. The highest BCUT2D eigenvalue weighted by atomic mass is 127. The van der Waals surface area contributed by atoms with Gasteiger partial charge >= 0.3 is 0 Å². The van der Waals surface area contributed by atoms with Crippen molar-refractivity contribution >= 4 is 35.8 Å².